The fourth-order valence-corrected chi connectivity index (χ4v) is 2.06. The standard InChI is InChI=1S/C17H22ClN5O3/c1-5-25-15-22-13(18)21-14(23-15)20-12-8-6-11(7-9-12)10-19-16(24)26-17(2,3)4/h6-9H,5,10H2,1-4H3,(H,19,24)(H,20,21,22,23). The summed E-state index contributed by atoms with van der Waals surface area (Å²) < 4.78 is 10.4. The molecule has 0 radical (unpaired) electrons. The number of ether oxygens (including phenoxy) is 2. The number of nitrogens with one attached hydrogen (secondary N) is 2. The molecule has 0 aliphatic carbocycles. The van der Waals surface area contributed by atoms with Crippen LogP contribution in [0.1, 0.15) is 33.3 Å². The average molecular weight is 380 g/mol. The van der Waals surface area contributed by atoms with E-state index in [0.717, 1.165) is 11.3 Å². The van der Waals surface area contributed by atoms with Crippen molar-refractivity contribution in [3.63, 3.8) is 0 Å². The first-order valence-corrected chi connectivity index (χ1v) is 8.50. The molecule has 0 saturated heterocycles. The number of benzene rings is 1. The second-order valence-corrected chi connectivity index (χ2v) is 6.66. The van der Waals surface area contributed by atoms with Crippen molar-refractivity contribution in [2.24, 2.45) is 0 Å². The van der Waals surface area contributed by atoms with Gasteiger partial charge in [-0.2, -0.15) is 15.0 Å². The van der Waals surface area contributed by atoms with E-state index in [1.807, 2.05) is 52.0 Å². The molecule has 26 heavy (non-hydrogen) atoms. The van der Waals surface area contributed by atoms with E-state index in [1.165, 1.54) is 0 Å². The fourth-order valence-electron chi connectivity index (χ4n) is 1.90. The number of carbonyl (C=O) groups is 1. The number of amides is 1. The summed E-state index contributed by atoms with van der Waals surface area (Å²) >= 11 is 5.86. The highest BCUT2D eigenvalue weighted by molar-refractivity contribution is 6.28. The fraction of sp³-hybridized carbons (Fsp3) is 0.412. The summed E-state index contributed by atoms with van der Waals surface area (Å²) in [5.74, 6) is 0.285. The molecule has 0 saturated carbocycles. The van der Waals surface area contributed by atoms with Crippen molar-refractivity contribution in [3.8, 4) is 6.01 Å². The lowest BCUT2D eigenvalue weighted by Crippen LogP contribution is -2.32. The van der Waals surface area contributed by atoms with Crippen molar-refractivity contribution >= 4 is 29.3 Å². The Hall–Kier alpha value is -2.61. The van der Waals surface area contributed by atoms with Gasteiger partial charge in [-0.3, -0.25) is 0 Å². The Balaban J connectivity index is 1.94. The summed E-state index contributed by atoms with van der Waals surface area (Å²) in [4.78, 5) is 23.7. The summed E-state index contributed by atoms with van der Waals surface area (Å²) in [5.41, 5.74) is 1.16. The molecule has 2 aromatic rings. The van der Waals surface area contributed by atoms with Crippen LogP contribution in [0.2, 0.25) is 5.28 Å². The predicted molar refractivity (Wildman–Crippen MR) is 98.8 cm³/mol. The van der Waals surface area contributed by atoms with Gasteiger partial charge in [0.25, 0.3) is 0 Å². The van der Waals surface area contributed by atoms with Gasteiger partial charge in [0.2, 0.25) is 11.2 Å². The van der Waals surface area contributed by atoms with Gasteiger partial charge in [0, 0.05) is 12.2 Å². The van der Waals surface area contributed by atoms with Crippen molar-refractivity contribution in [2.75, 3.05) is 11.9 Å². The molecule has 2 N–H and O–H groups in total. The lowest BCUT2D eigenvalue weighted by atomic mass is 10.2. The van der Waals surface area contributed by atoms with Crippen LogP contribution in [0.15, 0.2) is 24.3 Å². The van der Waals surface area contributed by atoms with E-state index in [0.29, 0.717) is 13.2 Å². The summed E-state index contributed by atoms with van der Waals surface area (Å²) in [6.07, 6.45) is -0.456. The van der Waals surface area contributed by atoms with Gasteiger partial charge in [0.05, 0.1) is 6.61 Å². The molecule has 8 nitrogen and oxygen atoms in total. The number of carbonyl (C=O) groups excluding carboxylic acids is 1. The van der Waals surface area contributed by atoms with Crippen LogP contribution in [0.5, 0.6) is 6.01 Å². The van der Waals surface area contributed by atoms with Gasteiger partial charge in [-0.15, -0.1) is 0 Å². The molecule has 2 rings (SSSR count). The number of rotatable bonds is 6. The number of hydrogen-bond donors (Lipinski definition) is 2. The van der Waals surface area contributed by atoms with Crippen LogP contribution in [-0.2, 0) is 11.3 Å². The van der Waals surface area contributed by atoms with Crippen molar-refractivity contribution in [1.29, 1.82) is 0 Å². The highest BCUT2D eigenvalue weighted by Gasteiger charge is 2.15. The van der Waals surface area contributed by atoms with Crippen LogP contribution in [0, 0.1) is 0 Å². The predicted octanol–water partition coefficient (Wildman–Crippen LogP) is 3.69. The third kappa shape index (κ3) is 6.72. The quantitative estimate of drug-likeness (QED) is 0.789. The summed E-state index contributed by atoms with van der Waals surface area (Å²) in [6.45, 7) is 8.07. The highest BCUT2D eigenvalue weighted by Crippen LogP contribution is 2.17. The molecule has 0 aliphatic heterocycles. The largest absolute Gasteiger partial charge is 0.464 e. The zero-order chi connectivity index (χ0) is 19.2. The highest BCUT2D eigenvalue weighted by atomic mass is 35.5. The molecule has 9 heteroatoms. The Bertz CT molecular complexity index is 747. The number of halogens is 1. The maximum atomic E-state index is 11.7. The van der Waals surface area contributed by atoms with E-state index in [-0.39, 0.29) is 17.2 Å². The molecule has 1 aromatic heterocycles. The summed E-state index contributed by atoms with van der Waals surface area (Å²) in [7, 11) is 0. The van der Waals surface area contributed by atoms with Gasteiger partial charge < -0.3 is 20.1 Å². The maximum absolute atomic E-state index is 11.7. The second-order valence-electron chi connectivity index (χ2n) is 6.32. The van der Waals surface area contributed by atoms with Crippen molar-refractivity contribution in [3.05, 3.63) is 35.1 Å². The lowest BCUT2D eigenvalue weighted by molar-refractivity contribution is 0.0523. The first kappa shape index (κ1) is 19.7. The molecule has 1 heterocycles. The Morgan fingerprint density at radius 2 is 1.85 bits per heavy atom. The van der Waals surface area contributed by atoms with Crippen molar-refractivity contribution in [2.45, 2.75) is 39.8 Å². The zero-order valence-corrected chi connectivity index (χ0v) is 15.9. The van der Waals surface area contributed by atoms with Crippen LogP contribution in [0.4, 0.5) is 16.4 Å². The van der Waals surface area contributed by atoms with Crippen LogP contribution < -0.4 is 15.4 Å². The summed E-state index contributed by atoms with van der Waals surface area (Å²) in [6, 6.07) is 7.57. The van der Waals surface area contributed by atoms with Crippen LogP contribution in [0.25, 0.3) is 0 Å². The molecule has 0 unspecified atom stereocenters. The van der Waals surface area contributed by atoms with E-state index in [2.05, 4.69) is 25.6 Å². The van der Waals surface area contributed by atoms with Crippen LogP contribution in [0.3, 0.4) is 0 Å². The molecular formula is C17H22ClN5O3. The maximum Gasteiger partial charge on any atom is 0.407 e. The molecule has 1 amide bonds. The molecular weight excluding hydrogens is 358 g/mol. The lowest BCUT2D eigenvalue weighted by Gasteiger charge is -2.19. The van der Waals surface area contributed by atoms with Crippen molar-refractivity contribution < 1.29 is 14.3 Å². The minimum atomic E-state index is -0.524. The Kier molecular flexibility index (Phi) is 6.57. The summed E-state index contributed by atoms with van der Waals surface area (Å²) in [5, 5.41) is 5.78. The van der Waals surface area contributed by atoms with Crippen LogP contribution >= 0.6 is 11.6 Å². The van der Waals surface area contributed by atoms with Gasteiger partial charge in [-0.1, -0.05) is 12.1 Å². The minimum Gasteiger partial charge on any atom is -0.464 e. The molecule has 0 atom stereocenters. The number of nitrogens with zero attached hydrogens (tertiary/aromatic N) is 3. The third-order valence-corrected chi connectivity index (χ3v) is 3.08. The van der Waals surface area contributed by atoms with E-state index < -0.39 is 11.7 Å². The molecule has 0 spiro atoms. The second kappa shape index (κ2) is 8.66. The van der Waals surface area contributed by atoms with E-state index >= 15 is 0 Å². The molecule has 0 bridgehead atoms. The Morgan fingerprint density at radius 3 is 2.46 bits per heavy atom. The van der Waals surface area contributed by atoms with Crippen LogP contribution in [-0.4, -0.2) is 33.3 Å². The number of aromatic nitrogens is 3. The van der Waals surface area contributed by atoms with E-state index in [4.69, 9.17) is 21.1 Å². The smallest absolute Gasteiger partial charge is 0.407 e. The van der Waals surface area contributed by atoms with Gasteiger partial charge in [0.15, 0.2) is 0 Å². The van der Waals surface area contributed by atoms with Gasteiger partial charge in [-0.25, -0.2) is 4.79 Å². The molecule has 1 aromatic carbocycles. The average Bonchev–Trinajstić information content (AvgIpc) is 2.52. The first-order valence-electron chi connectivity index (χ1n) is 8.12. The Morgan fingerprint density at radius 1 is 1.15 bits per heavy atom. The first-order chi connectivity index (χ1) is 12.2. The van der Waals surface area contributed by atoms with E-state index in [1.54, 1.807) is 0 Å². The number of anilines is 2. The van der Waals surface area contributed by atoms with Gasteiger partial charge in [0.1, 0.15) is 5.60 Å². The number of alkyl carbamates (subject to hydrolysis) is 1. The van der Waals surface area contributed by atoms with E-state index in [9.17, 15) is 4.79 Å². The molecule has 140 valence electrons. The third-order valence-electron chi connectivity index (χ3n) is 2.91. The van der Waals surface area contributed by atoms with Gasteiger partial charge >= 0.3 is 12.1 Å². The Labute approximate surface area is 157 Å². The topological polar surface area (TPSA) is 98.3 Å². The molecule has 0 fully saturated rings. The monoisotopic (exact) mass is 379 g/mol. The molecule has 0 aliphatic rings. The van der Waals surface area contributed by atoms with Crippen molar-refractivity contribution in [1.82, 2.24) is 20.3 Å². The number of hydrogen-bond acceptors (Lipinski definition) is 7. The zero-order valence-electron chi connectivity index (χ0n) is 15.2. The normalized spacial score (nSPS) is 11.0. The van der Waals surface area contributed by atoms with Gasteiger partial charge in [-0.05, 0) is 57.0 Å². The minimum absolute atomic E-state index is 0.0455. The SMILES string of the molecule is CCOc1nc(Cl)nc(Nc2ccc(CNC(=O)OC(C)(C)C)cc2)n1.